The van der Waals surface area contributed by atoms with E-state index in [4.69, 9.17) is 52.1 Å². The predicted molar refractivity (Wildman–Crippen MR) is 354 cm³/mol. The van der Waals surface area contributed by atoms with Gasteiger partial charge in [0, 0.05) is 91.2 Å². The van der Waals surface area contributed by atoms with E-state index in [1.807, 2.05) is 52.0 Å². The lowest BCUT2D eigenvalue weighted by atomic mass is 10.00. The van der Waals surface area contributed by atoms with Crippen molar-refractivity contribution in [2.75, 3.05) is 158 Å². The molecule has 0 aliphatic rings. The zero-order valence-electron chi connectivity index (χ0n) is 57.3. The van der Waals surface area contributed by atoms with Gasteiger partial charge in [-0.05, 0) is 108 Å². The van der Waals surface area contributed by atoms with Gasteiger partial charge in [-0.3, -0.25) is 38.4 Å². The van der Waals surface area contributed by atoms with Crippen LogP contribution in [0.4, 0.5) is 0 Å². The van der Waals surface area contributed by atoms with E-state index in [0.717, 1.165) is 32.1 Å². The van der Waals surface area contributed by atoms with Crippen LogP contribution in [0.15, 0.2) is 24.3 Å². The van der Waals surface area contributed by atoms with Crippen molar-refractivity contribution in [2.24, 2.45) is 0 Å². The third-order valence-corrected chi connectivity index (χ3v) is 14.1. The fourth-order valence-electron chi connectivity index (χ4n) is 8.90. The molecular formula is C68H120N6O19. The topological polar surface area (TPSA) is 310 Å². The number of amides is 6. The Bertz CT molecular complexity index is 2060. The second-order valence-corrected chi connectivity index (χ2v) is 22.4. The molecule has 0 heterocycles. The Balaban J connectivity index is 3.03. The first kappa shape index (κ1) is 85.8. The Labute approximate surface area is 555 Å². The molecule has 25 heteroatoms. The smallest absolute Gasteiger partial charge is 0.258 e. The van der Waals surface area contributed by atoms with Crippen molar-refractivity contribution >= 4 is 47.0 Å². The number of carbonyl (C=O) groups is 8. The number of ether oxygens (including phenoxy) is 11. The van der Waals surface area contributed by atoms with Gasteiger partial charge in [0.15, 0.2) is 12.4 Å². The van der Waals surface area contributed by atoms with Crippen LogP contribution in [-0.2, 0) is 92.1 Å². The normalized spacial score (nSPS) is 12.2. The number of aryl methyl sites for hydroxylation is 1. The van der Waals surface area contributed by atoms with Gasteiger partial charge in [-0.25, -0.2) is 0 Å². The van der Waals surface area contributed by atoms with Gasteiger partial charge in [0.1, 0.15) is 23.6 Å². The first-order valence-electron chi connectivity index (χ1n) is 34.6. The number of nitrogens with one attached hydrogen (secondary N) is 6. The maximum atomic E-state index is 14.3. The lowest BCUT2D eigenvalue weighted by Crippen LogP contribution is -2.51. The van der Waals surface area contributed by atoms with Crippen LogP contribution in [0.3, 0.4) is 0 Å². The van der Waals surface area contributed by atoms with Gasteiger partial charge < -0.3 is 84.0 Å². The lowest BCUT2D eigenvalue weighted by Gasteiger charge is -2.23. The second kappa shape index (κ2) is 62.9. The number of hydrogen-bond acceptors (Lipinski definition) is 19. The minimum absolute atomic E-state index is 0.0117. The Morgan fingerprint density at radius 2 is 0.753 bits per heavy atom. The molecule has 0 radical (unpaired) electrons. The van der Waals surface area contributed by atoms with Crippen molar-refractivity contribution in [1.29, 1.82) is 0 Å². The Morgan fingerprint density at radius 3 is 1.26 bits per heavy atom. The Kier molecular flexibility index (Phi) is 58.0. The maximum absolute atomic E-state index is 14.3. The van der Waals surface area contributed by atoms with Crippen molar-refractivity contribution in [1.82, 2.24) is 31.9 Å². The van der Waals surface area contributed by atoms with E-state index in [-0.39, 0.29) is 140 Å². The fraction of sp³-hybridized carbons (Fsp3) is 0.794. The molecule has 0 fully saturated rings. The van der Waals surface area contributed by atoms with Crippen LogP contribution in [0, 0.1) is 0 Å². The van der Waals surface area contributed by atoms with E-state index in [9.17, 15) is 38.4 Å². The van der Waals surface area contributed by atoms with Gasteiger partial charge in [0.05, 0.1) is 105 Å². The van der Waals surface area contributed by atoms with E-state index in [1.54, 1.807) is 0 Å². The Hall–Kier alpha value is -5.22. The number of ketones is 2. The number of benzene rings is 1. The summed E-state index contributed by atoms with van der Waals surface area (Å²) in [5.74, 6) is -1.63. The maximum Gasteiger partial charge on any atom is 0.258 e. The summed E-state index contributed by atoms with van der Waals surface area (Å²) < 4.78 is 60.9. The molecule has 1 rings (SSSR count). The highest BCUT2D eigenvalue weighted by Gasteiger charge is 2.27. The average molecular weight is 1330 g/mol. The number of unbranched alkanes of at least 4 members (excludes halogenated alkanes) is 4. The van der Waals surface area contributed by atoms with E-state index in [0.29, 0.717) is 169 Å². The minimum Gasteiger partial charge on any atom is -0.484 e. The fourth-order valence-corrected chi connectivity index (χ4v) is 8.90. The molecule has 0 aromatic heterocycles. The Morgan fingerprint density at radius 1 is 0.333 bits per heavy atom. The predicted octanol–water partition coefficient (Wildman–Crippen LogP) is 6.01. The van der Waals surface area contributed by atoms with Crippen LogP contribution in [0.1, 0.15) is 175 Å². The van der Waals surface area contributed by atoms with Crippen LogP contribution in [0.2, 0.25) is 0 Å². The molecule has 0 spiro atoms. The molecule has 3 unspecified atom stereocenters. The first-order valence-corrected chi connectivity index (χ1v) is 34.6. The number of hydrogen-bond donors (Lipinski definition) is 6. The molecule has 0 saturated heterocycles. The van der Waals surface area contributed by atoms with Crippen LogP contribution in [-0.4, -0.2) is 224 Å². The molecule has 1 aromatic carbocycles. The average Bonchev–Trinajstić information content (AvgIpc) is 3.73. The van der Waals surface area contributed by atoms with Crippen molar-refractivity contribution in [3.8, 4) is 5.75 Å². The highest BCUT2D eigenvalue weighted by molar-refractivity contribution is 5.93. The zero-order valence-corrected chi connectivity index (χ0v) is 57.3. The van der Waals surface area contributed by atoms with E-state index >= 15 is 0 Å². The largest absolute Gasteiger partial charge is 0.484 e. The molecule has 1 aromatic rings. The van der Waals surface area contributed by atoms with Gasteiger partial charge >= 0.3 is 0 Å². The molecule has 536 valence electrons. The zero-order chi connectivity index (χ0) is 67.9. The van der Waals surface area contributed by atoms with E-state index in [2.05, 4.69) is 38.8 Å². The highest BCUT2D eigenvalue weighted by Crippen LogP contribution is 2.14. The summed E-state index contributed by atoms with van der Waals surface area (Å²) >= 11 is 0. The summed E-state index contributed by atoms with van der Waals surface area (Å²) in [5.41, 5.74) is 1.18. The van der Waals surface area contributed by atoms with Gasteiger partial charge in [-0.1, -0.05) is 59.6 Å². The number of carbonyl (C=O) groups excluding carboxylic acids is 8. The van der Waals surface area contributed by atoms with E-state index < -0.39 is 29.9 Å². The summed E-state index contributed by atoms with van der Waals surface area (Å²) in [4.78, 5) is 106. The van der Waals surface area contributed by atoms with Gasteiger partial charge in [0.25, 0.3) is 5.91 Å². The highest BCUT2D eigenvalue weighted by atomic mass is 16.5. The molecule has 6 amide bonds. The van der Waals surface area contributed by atoms with E-state index in [1.165, 1.54) is 5.56 Å². The molecule has 0 saturated carbocycles. The van der Waals surface area contributed by atoms with Crippen LogP contribution < -0.4 is 36.6 Å². The van der Waals surface area contributed by atoms with Crippen LogP contribution >= 0.6 is 0 Å². The summed E-state index contributed by atoms with van der Waals surface area (Å²) in [6.07, 6.45) is 10.4. The van der Waals surface area contributed by atoms with Gasteiger partial charge in [0.2, 0.25) is 29.5 Å². The monoisotopic (exact) mass is 1320 g/mol. The third kappa shape index (κ3) is 52.7. The molecule has 3 atom stereocenters. The third-order valence-electron chi connectivity index (χ3n) is 14.1. The quantitative estimate of drug-likeness (QED) is 0.0407. The molecule has 93 heavy (non-hydrogen) atoms. The van der Waals surface area contributed by atoms with Crippen molar-refractivity contribution < 1.29 is 90.5 Å². The first-order chi connectivity index (χ1) is 45.4. The molecule has 0 aliphatic carbocycles. The summed E-state index contributed by atoms with van der Waals surface area (Å²) in [5, 5.41) is 17.3. The molecule has 0 aliphatic heterocycles. The van der Waals surface area contributed by atoms with Crippen LogP contribution in [0.5, 0.6) is 5.75 Å². The SMILES string of the molecule is CCCOCCOCCC(=O)CCCCCC(NC(=O)CCOCCOCCC)C(=O)NCCCCC(NC(=O)C(CCCCNC(=O)CCOCCOCCC)NC(=O)CCOCCOCCC)C(=O)CCCOCCOCCNC(=O)COc1ccc(CC)cc1. The molecule has 0 bridgehead atoms. The molecular weight excluding hydrogens is 1200 g/mol. The minimum atomic E-state index is -1.01. The van der Waals surface area contributed by atoms with Crippen molar-refractivity contribution in [3.63, 3.8) is 0 Å². The second-order valence-electron chi connectivity index (χ2n) is 22.4. The van der Waals surface area contributed by atoms with Gasteiger partial charge in [-0.15, -0.1) is 0 Å². The molecule has 25 nitrogen and oxygen atoms in total. The van der Waals surface area contributed by atoms with Crippen LogP contribution in [0.25, 0.3) is 0 Å². The summed E-state index contributed by atoms with van der Waals surface area (Å²) in [7, 11) is 0. The van der Waals surface area contributed by atoms with Crippen molar-refractivity contribution in [2.45, 2.75) is 194 Å². The lowest BCUT2D eigenvalue weighted by molar-refractivity contribution is -0.132. The number of Topliss-reactive ketones (excluding diaryl/α,β-unsaturated/α-hetero) is 2. The number of rotatable bonds is 68. The summed E-state index contributed by atoms with van der Waals surface area (Å²) in [6, 6.07) is 4.80. The molecule has 6 N–H and O–H groups in total. The summed E-state index contributed by atoms with van der Waals surface area (Å²) in [6.45, 7) is 18.5. The van der Waals surface area contributed by atoms with Crippen molar-refractivity contribution in [3.05, 3.63) is 29.8 Å². The standard InChI is InChI=1S/C68H120N6O19/c1-6-35-83-45-50-88-40-28-57(75)19-12-11-13-21-60(72-64(78)30-42-90-52-47-85-37-8-3)67(81)71-33-17-14-20-59(62(76)23-18-39-87-49-54-92-44-34-70-66(80)55-93-58-26-24-56(10-5)25-27-58)74-68(82)61(73-65(79)31-43-91-53-48-86-38-9-4)22-15-16-32-69-63(77)29-41-89-51-46-84-36-7-2/h24-27,59-61H,6-23,28-55H2,1-5H3,(H,69,77)(H,70,80)(H,71,81)(H,72,78)(H,73,79)(H,74,82). The van der Waals surface area contributed by atoms with Gasteiger partial charge in [-0.2, -0.15) is 0 Å².